The van der Waals surface area contributed by atoms with Gasteiger partial charge in [-0.2, -0.15) is 33.9 Å². The second-order valence-electron chi connectivity index (χ2n) is 10.5. The van der Waals surface area contributed by atoms with Gasteiger partial charge >= 0.3 is 25.8 Å². The summed E-state index contributed by atoms with van der Waals surface area (Å²) in [5.41, 5.74) is 12.6. The van der Waals surface area contributed by atoms with E-state index in [0.29, 0.717) is 5.41 Å². The van der Waals surface area contributed by atoms with E-state index in [1.807, 2.05) is 0 Å². The minimum atomic E-state index is 0. The Morgan fingerprint density at radius 3 is 1.88 bits per heavy atom. The summed E-state index contributed by atoms with van der Waals surface area (Å²) >= 11 is 0. The molecule has 0 radical (unpaired) electrons. The number of rotatable bonds is 5. The first-order valence-corrected chi connectivity index (χ1v) is 12.0. The van der Waals surface area contributed by atoms with Crippen molar-refractivity contribution in [2.45, 2.75) is 100 Å². The molecule has 0 amide bonds. The Morgan fingerprint density at radius 2 is 1.39 bits per heavy atom. The van der Waals surface area contributed by atoms with Gasteiger partial charge in [0.25, 0.3) is 0 Å². The number of benzene rings is 1. The summed E-state index contributed by atoms with van der Waals surface area (Å²) in [5, 5.41) is 2.99. The molecule has 0 fully saturated rings. The number of hydrogen-bond acceptors (Lipinski definition) is 0. The normalized spacial score (nSPS) is 13.3. The standard InChI is InChI=1S/C20H27.C10H15.2CH3.Hf/c1-4-5-6-7-8-15-9-10-16-11-17-13-20(2,3)14-18(17)12-19(15)16;1-6-7(2)9(4)10(5)8(6)3;;;/h9-12H,4-8,13-14H2,1-3H3;1-5H3;2*1H3;/q4*-1;+4. The molecule has 0 spiro atoms. The molecule has 180 valence electrons. The van der Waals surface area contributed by atoms with E-state index in [2.05, 4.69) is 79.7 Å². The zero-order chi connectivity index (χ0) is 22.1. The summed E-state index contributed by atoms with van der Waals surface area (Å²) in [7, 11) is 0. The fourth-order valence-corrected chi connectivity index (χ4v) is 5.19. The number of fused-ring (bicyclic) bond motifs is 2. The molecule has 0 aliphatic heterocycles. The summed E-state index contributed by atoms with van der Waals surface area (Å²) in [6.45, 7) is 18.1. The summed E-state index contributed by atoms with van der Waals surface area (Å²) in [6.07, 6.45) is 9.17. The van der Waals surface area contributed by atoms with Gasteiger partial charge in [-0.3, -0.25) is 0 Å². The predicted octanol–water partition coefficient (Wildman–Crippen LogP) is 9.65. The van der Waals surface area contributed by atoms with Crippen molar-refractivity contribution >= 4 is 10.8 Å². The third-order valence-electron chi connectivity index (χ3n) is 7.63. The quantitative estimate of drug-likeness (QED) is 0.153. The van der Waals surface area contributed by atoms with Crippen molar-refractivity contribution in [3.8, 4) is 0 Å². The third kappa shape index (κ3) is 7.27. The van der Waals surface area contributed by atoms with Gasteiger partial charge in [-0.05, 0) is 18.3 Å². The van der Waals surface area contributed by atoms with E-state index in [1.54, 1.807) is 16.7 Å². The maximum absolute atomic E-state index is 2.49. The van der Waals surface area contributed by atoms with Crippen LogP contribution in [0.4, 0.5) is 0 Å². The van der Waals surface area contributed by atoms with Crippen LogP contribution in [0.2, 0.25) is 0 Å². The fourth-order valence-electron chi connectivity index (χ4n) is 5.19. The SMILES string of the molecule is CCCCCC[c-]1ccc2cc3c(cc21)CC(C)(C)C3.Cc1c(C)c(C)[c-](C)c1C.[CH3-].[CH3-].[Hf+4]. The van der Waals surface area contributed by atoms with Crippen LogP contribution in [-0.4, -0.2) is 0 Å². The molecule has 0 N–H and O–H groups in total. The molecule has 0 aromatic heterocycles. The van der Waals surface area contributed by atoms with Crippen molar-refractivity contribution in [2.75, 3.05) is 0 Å². The largest absolute Gasteiger partial charge is 4.00 e. The van der Waals surface area contributed by atoms with E-state index >= 15 is 0 Å². The van der Waals surface area contributed by atoms with Crippen LogP contribution in [-0.2, 0) is 45.1 Å². The maximum Gasteiger partial charge on any atom is 4.00 e. The van der Waals surface area contributed by atoms with Crippen LogP contribution in [0.15, 0.2) is 24.3 Å². The van der Waals surface area contributed by atoms with Gasteiger partial charge in [0, 0.05) is 0 Å². The zero-order valence-corrected chi connectivity index (χ0v) is 26.9. The minimum Gasteiger partial charge on any atom is -0.358 e. The average molecular weight is 611 g/mol. The maximum atomic E-state index is 2.49. The Morgan fingerprint density at radius 1 is 0.848 bits per heavy atom. The van der Waals surface area contributed by atoms with Gasteiger partial charge in [0.1, 0.15) is 0 Å². The van der Waals surface area contributed by atoms with Crippen molar-refractivity contribution in [1.82, 2.24) is 0 Å². The average Bonchev–Trinajstić information content (AvgIpc) is 3.28. The second kappa shape index (κ2) is 13.2. The van der Waals surface area contributed by atoms with E-state index in [0.717, 1.165) is 0 Å². The van der Waals surface area contributed by atoms with E-state index in [4.69, 9.17) is 0 Å². The van der Waals surface area contributed by atoms with Gasteiger partial charge < -0.3 is 14.9 Å². The first-order valence-electron chi connectivity index (χ1n) is 12.0. The molecular formula is C32H48Hf. The van der Waals surface area contributed by atoms with Gasteiger partial charge in [-0.1, -0.05) is 98.6 Å². The van der Waals surface area contributed by atoms with E-state index < -0.39 is 0 Å². The van der Waals surface area contributed by atoms with Crippen LogP contribution in [0.1, 0.15) is 91.0 Å². The van der Waals surface area contributed by atoms with Crippen LogP contribution in [0.3, 0.4) is 0 Å². The van der Waals surface area contributed by atoms with Gasteiger partial charge in [0.15, 0.2) is 0 Å². The van der Waals surface area contributed by atoms with Crippen LogP contribution in [0.25, 0.3) is 10.8 Å². The van der Waals surface area contributed by atoms with E-state index in [1.165, 1.54) is 83.5 Å². The van der Waals surface area contributed by atoms with Crippen molar-refractivity contribution in [3.63, 3.8) is 0 Å². The van der Waals surface area contributed by atoms with Crippen LogP contribution in [0, 0.1) is 54.9 Å². The molecule has 0 saturated heterocycles. The molecule has 0 nitrogen and oxygen atoms in total. The first kappa shape index (κ1) is 32.1. The second-order valence-corrected chi connectivity index (χ2v) is 10.5. The van der Waals surface area contributed by atoms with Gasteiger partial charge in [-0.25, -0.2) is 0 Å². The molecule has 0 bridgehead atoms. The number of aryl methyl sites for hydroxylation is 1. The Hall–Kier alpha value is -0.950. The molecule has 0 saturated carbocycles. The minimum absolute atomic E-state index is 0. The molecule has 0 unspecified atom stereocenters. The van der Waals surface area contributed by atoms with Crippen molar-refractivity contribution < 1.29 is 25.8 Å². The summed E-state index contributed by atoms with van der Waals surface area (Å²) in [4.78, 5) is 0. The molecule has 1 aliphatic rings. The van der Waals surface area contributed by atoms with E-state index in [9.17, 15) is 0 Å². The number of hydrogen-bond donors (Lipinski definition) is 0. The van der Waals surface area contributed by atoms with Gasteiger partial charge in [0.05, 0.1) is 0 Å². The van der Waals surface area contributed by atoms with Crippen molar-refractivity contribution in [3.05, 3.63) is 83.6 Å². The molecule has 4 rings (SSSR count). The summed E-state index contributed by atoms with van der Waals surface area (Å²) in [6, 6.07) is 9.64. The Kier molecular flexibility index (Phi) is 12.8. The molecule has 3 aromatic rings. The van der Waals surface area contributed by atoms with Crippen LogP contribution < -0.4 is 0 Å². The topological polar surface area (TPSA) is 0 Å². The predicted molar refractivity (Wildman–Crippen MR) is 147 cm³/mol. The van der Waals surface area contributed by atoms with Crippen LogP contribution >= 0.6 is 0 Å². The van der Waals surface area contributed by atoms with Gasteiger partial charge in [-0.15, -0.1) is 34.5 Å². The molecule has 1 heteroatoms. The molecule has 0 atom stereocenters. The van der Waals surface area contributed by atoms with E-state index in [-0.39, 0.29) is 40.7 Å². The monoisotopic (exact) mass is 612 g/mol. The molecular weight excluding hydrogens is 563 g/mol. The molecule has 33 heavy (non-hydrogen) atoms. The zero-order valence-electron chi connectivity index (χ0n) is 23.3. The smallest absolute Gasteiger partial charge is 0.358 e. The molecule has 3 aromatic carbocycles. The van der Waals surface area contributed by atoms with Crippen molar-refractivity contribution in [2.24, 2.45) is 5.41 Å². The summed E-state index contributed by atoms with van der Waals surface area (Å²) in [5.74, 6) is 0. The Bertz CT molecular complexity index is 929. The fraction of sp³-hybridized carbons (Fsp3) is 0.500. The Labute approximate surface area is 225 Å². The molecule has 0 heterocycles. The molecule has 1 aliphatic carbocycles. The first-order chi connectivity index (χ1) is 14.1. The number of unbranched alkanes of at least 4 members (excludes halogenated alkanes) is 3. The van der Waals surface area contributed by atoms with Crippen molar-refractivity contribution in [1.29, 1.82) is 0 Å². The van der Waals surface area contributed by atoms with Crippen LogP contribution in [0.5, 0.6) is 0 Å². The third-order valence-corrected chi connectivity index (χ3v) is 7.63. The van der Waals surface area contributed by atoms with Gasteiger partial charge in [0.2, 0.25) is 0 Å². The Balaban J connectivity index is 0.000000681. The summed E-state index contributed by atoms with van der Waals surface area (Å²) < 4.78 is 0.